The second-order valence-electron chi connectivity index (χ2n) is 24.2. The lowest BCUT2D eigenvalue weighted by atomic mass is 10.0. The zero-order valence-electron chi connectivity index (χ0n) is 49.4. The van der Waals surface area contributed by atoms with Crippen molar-refractivity contribution in [3.8, 4) is 51.3 Å². The number of nitriles is 1. The van der Waals surface area contributed by atoms with E-state index in [-0.39, 0.29) is 0 Å². The van der Waals surface area contributed by atoms with Gasteiger partial charge >= 0.3 is 0 Å². The summed E-state index contributed by atoms with van der Waals surface area (Å²) in [5, 5.41) is 26.4. The highest BCUT2D eigenvalue weighted by Crippen LogP contribution is 2.45. The van der Waals surface area contributed by atoms with Crippen LogP contribution in [0.5, 0.6) is 0 Å². The van der Waals surface area contributed by atoms with Gasteiger partial charge in [0.15, 0.2) is 0 Å². The van der Waals surface area contributed by atoms with Gasteiger partial charge < -0.3 is 27.4 Å². The zero-order valence-corrected chi connectivity index (χ0v) is 49.4. The lowest BCUT2D eigenvalue weighted by Gasteiger charge is -2.19. The third-order valence-electron chi connectivity index (χ3n) is 19.5. The Bertz CT molecular complexity index is 5660. The van der Waals surface area contributed by atoms with Crippen molar-refractivity contribution in [1.29, 1.82) is 5.26 Å². The standard InChI is InChI=1S/C84H50N8/c85-50-70-79(91-81-46-54(87-71-27-9-1-19-58(71)59-20-2-10-28-72(59)87)35-39-66(81)67-40-36-55(47-82(67)91)88-73-29-11-3-21-60(73)61-22-4-12-30-74(61)88)44-53(52-18-17-43-86-51-52)45-80(70)92-83-48-56(89-75-31-13-5-23-62(75)63-24-6-14-32-76(63)89)37-41-68(83)69-42-38-57(49-84(69)92)90-77-33-15-7-25-64(77)65-26-8-16-34-78(65)90/h1-49,51H. The molecule has 0 amide bonds. The van der Waals surface area contributed by atoms with Crippen molar-refractivity contribution in [3.05, 3.63) is 309 Å². The van der Waals surface area contributed by atoms with Gasteiger partial charge in [-0.1, -0.05) is 176 Å². The van der Waals surface area contributed by atoms with E-state index in [2.05, 4.69) is 319 Å². The summed E-state index contributed by atoms with van der Waals surface area (Å²) in [5.41, 5.74) is 20.7. The van der Waals surface area contributed by atoms with Crippen molar-refractivity contribution in [1.82, 2.24) is 32.4 Å². The van der Waals surface area contributed by atoms with Gasteiger partial charge in [0.1, 0.15) is 11.6 Å². The fraction of sp³-hybridized carbons (Fsp3) is 0. The summed E-state index contributed by atoms with van der Waals surface area (Å²) in [4.78, 5) is 4.76. The molecule has 8 heteroatoms. The third-order valence-corrected chi connectivity index (χ3v) is 19.5. The Hall–Kier alpha value is -12.7. The molecule has 0 aliphatic heterocycles. The summed E-state index contributed by atoms with van der Waals surface area (Å²) in [6.45, 7) is 0. The fourth-order valence-electron chi connectivity index (χ4n) is 15.6. The SMILES string of the molecule is N#Cc1c(-n2c3cc(-n4c5ccccc5c5ccccc54)ccc3c3ccc(-n4c5ccccc5c5ccccc54)cc32)cc(-c2cccnc2)cc1-n1c2cc(-n3c4ccccc4c4ccccc43)ccc2c2ccc(-n3c4ccccc4c4ccccc43)cc21. The van der Waals surface area contributed by atoms with Gasteiger partial charge in [-0.15, -0.1) is 0 Å². The van der Waals surface area contributed by atoms with E-state index < -0.39 is 0 Å². The van der Waals surface area contributed by atoms with Crippen LogP contribution in [0.2, 0.25) is 0 Å². The average Bonchev–Trinajstić information content (AvgIpc) is 1.55. The minimum Gasteiger partial charge on any atom is -0.309 e. The maximum atomic E-state index is 12.6. The van der Waals surface area contributed by atoms with Crippen molar-refractivity contribution in [2.24, 2.45) is 0 Å². The third kappa shape index (κ3) is 7.01. The highest BCUT2D eigenvalue weighted by atomic mass is 15.1. The minimum absolute atomic E-state index is 0.518. The second-order valence-corrected chi connectivity index (χ2v) is 24.2. The van der Waals surface area contributed by atoms with Gasteiger partial charge in [0.2, 0.25) is 0 Å². The van der Waals surface area contributed by atoms with E-state index in [0.29, 0.717) is 5.56 Å². The van der Waals surface area contributed by atoms with Crippen LogP contribution in [0.3, 0.4) is 0 Å². The largest absolute Gasteiger partial charge is 0.309 e. The Morgan fingerprint density at radius 2 is 0.478 bits per heavy atom. The molecule has 0 N–H and O–H groups in total. The Balaban J connectivity index is 0.935. The number of rotatable bonds is 7. The van der Waals surface area contributed by atoms with Gasteiger partial charge in [-0.3, -0.25) is 4.98 Å². The Morgan fingerprint density at radius 3 is 0.717 bits per heavy atom. The predicted octanol–water partition coefficient (Wildman–Crippen LogP) is 21.2. The van der Waals surface area contributed by atoms with Gasteiger partial charge in [-0.05, 0) is 121 Å². The summed E-state index contributed by atoms with van der Waals surface area (Å²) in [6.07, 6.45) is 3.77. The van der Waals surface area contributed by atoms with Crippen LogP contribution in [-0.2, 0) is 0 Å². The van der Waals surface area contributed by atoms with Crippen LogP contribution in [-0.4, -0.2) is 32.4 Å². The summed E-state index contributed by atoms with van der Waals surface area (Å²) < 4.78 is 14.3. The van der Waals surface area contributed by atoms with E-state index >= 15 is 0 Å². The smallest absolute Gasteiger partial charge is 0.104 e. The first kappa shape index (κ1) is 50.3. The van der Waals surface area contributed by atoms with Crippen LogP contribution >= 0.6 is 0 Å². The van der Waals surface area contributed by atoms with E-state index in [0.717, 1.165) is 133 Å². The fourth-order valence-corrected chi connectivity index (χ4v) is 15.6. The van der Waals surface area contributed by atoms with Gasteiger partial charge in [-0.25, -0.2) is 0 Å². The molecule has 0 aliphatic rings. The lowest BCUT2D eigenvalue weighted by molar-refractivity contribution is 1.10. The first-order chi connectivity index (χ1) is 45.6. The molecule has 0 fully saturated rings. The quantitative estimate of drug-likeness (QED) is 0.160. The van der Waals surface area contributed by atoms with Crippen LogP contribution in [0.25, 0.3) is 176 Å². The van der Waals surface area contributed by atoms with E-state index in [9.17, 15) is 5.26 Å². The average molecular weight is 1170 g/mol. The van der Waals surface area contributed by atoms with Crippen LogP contribution in [0.4, 0.5) is 0 Å². The first-order valence-corrected chi connectivity index (χ1v) is 31.2. The van der Waals surface area contributed by atoms with E-state index in [1.54, 1.807) is 0 Å². The topological polar surface area (TPSA) is 66.3 Å². The molecular formula is C84H50N8. The van der Waals surface area contributed by atoms with Crippen LogP contribution in [0.1, 0.15) is 5.56 Å². The molecule has 92 heavy (non-hydrogen) atoms. The van der Waals surface area contributed by atoms with Gasteiger partial charge in [0.25, 0.3) is 0 Å². The van der Waals surface area contributed by atoms with Crippen molar-refractivity contribution in [3.63, 3.8) is 0 Å². The molecular weight excluding hydrogens is 1120 g/mol. The summed E-state index contributed by atoms with van der Waals surface area (Å²) in [5.74, 6) is 0. The van der Waals surface area contributed by atoms with Crippen molar-refractivity contribution < 1.29 is 0 Å². The Kier molecular flexibility index (Phi) is 10.5. The maximum Gasteiger partial charge on any atom is 0.104 e. The molecule has 0 atom stereocenters. The second kappa shape index (κ2) is 19.2. The molecule has 426 valence electrons. The molecule has 0 saturated carbocycles. The van der Waals surface area contributed by atoms with Gasteiger partial charge in [0.05, 0.1) is 77.6 Å². The number of pyridine rings is 1. The van der Waals surface area contributed by atoms with Crippen molar-refractivity contribution in [2.45, 2.75) is 0 Å². The molecule has 20 aromatic rings. The number of fused-ring (bicyclic) bond motifs is 18. The number of nitrogens with zero attached hydrogens (tertiary/aromatic N) is 8. The van der Waals surface area contributed by atoms with Crippen LogP contribution in [0, 0.1) is 11.3 Å². The van der Waals surface area contributed by atoms with Crippen LogP contribution in [0.15, 0.2) is 304 Å². The maximum absolute atomic E-state index is 12.6. The highest BCUT2D eigenvalue weighted by Gasteiger charge is 2.26. The first-order valence-electron chi connectivity index (χ1n) is 31.2. The molecule has 0 spiro atoms. The summed E-state index contributed by atoms with van der Waals surface area (Å²) >= 11 is 0. The van der Waals surface area contributed by atoms with Crippen molar-refractivity contribution in [2.75, 3.05) is 0 Å². The number of hydrogen-bond donors (Lipinski definition) is 0. The molecule has 20 rings (SSSR count). The number of aromatic nitrogens is 7. The van der Waals surface area contributed by atoms with Crippen LogP contribution < -0.4 is 0 Å². The van der Waals surface area contributed by atoms with E-state index in [1.165, 1.54) is 43.1 Å². The van der Waals surface area contributed by atoms with E-state index in [4.69, 9.17) is 4.98 Å². The molecule has 7 aromatic heterocycles. The normalized spacial score (nSPS) is 12.1. The molecule has 0 unspecified atom stereocenters. The monoisotopic (exact) mass is 1170 g/mol. The number of hydrogen-bond acceptors (Lipinski definition) is 2. The van der Waals surface area contributed by atoms with Gasteiger partial charge in [0, 0.05) is 105 Å². The zero-order chi connectivity index (χ0) is 60.3. The Labute approximate surface area is 526 Å². The van der Waals surface area contributed by atoms with Gasteiger partial charge in [-0.2, -0.15) is 5.26 Å². The summed E-state index contributed by atoms with van der Waals surface area (Å²) in [7, 11) is 0. The molecule has 0 radical (unpaired) electrons. The molecule has 13 aromatic carbocycles. The lowest BCUT2D eigenvalue weighted by Crippen LogP contribution is -2.06. The molecule has 0 aliphatic carbocycles. The van der Waals surface area contributed by atoms with E-state index in [1.807, 2.05) is 18.5 Å². The molecule has 0 bridgehead atoms. The Morgan fingerprint density at radius 1 is 0.228 bits per heavy atom. The highest BCUT2D eigenvalue weighted by molar-refractivity contribution is 6.17. The molecule has 8 nitrogen and oxygen atoms in total. The predicted molar refractivity (Wildman–Crippen MR) is 380 cm³/mol. The number of para-hydroxylation sites is 8. The summed E-state index contributed by atoms with van der Waals surface area (Å²) in [6, 6.07) is 109. The number of benzene rings is 13. The van der Waals surface area contributed by atoms with Crippen molar-refractivity contribution >= 4 is 131 Å². The molecule has 0 saturated heterocycles. The minimum atomic E-state index is 0.518. The molecule has 7 heterocycles.